The maximum Gasteiger partial charge on any atom is 0.243 e. The van der Waals surface area contributed by atoms with Crippen molar-refractivity contribution in [2.24, 2.45) is 5.73 Å². The highest BCUT2D eigenvalue weighted by atomic mass is 35.5. The molecule has 2 aromatic carbocycles. The van der Waals surface area contributed by atoms with Crippen LogP contribution in [0.3, 0.4) is 0 Å². The van der Waals surface area contributed by atoms with E-state index in [1.165, 1.54) is 4.31 Å². The fourth-order valence-electron chi connectivity index (χ4n) is 3.10. The first-order chi connectivity index (χ1) is 14.1. The summed E-state index contributed by atoms with van der Waals surface area (Å²) >= 11 is 0. The molecule has 0 spiro atoms. The minimum absolute atomic E-state index is 0. The van der Waals surface area contributed by atoms with Gasteiger partial charge in [-0.15, -0.1) is 37.2 Å². The summed E-state index contributed by atoms with van der Waals surface area (Å²) < 4.78 is 27.9. The number of rotatable bonds is 10. The molecule has 176 valence electrons. The molecule has 6 nitrogen and oxygen atoms in total. The third kappa shape index (κ3) is 8.01. The van der Waals surface area contributed by atoms with Crippen molar-refractivity contribution in [3.8, 4) is 0 Å². The summed E-state index contributed by atoms with van der Waals surface area (Å²) in [5.41, 5.74) is 6.82. The maximum atomic E-state index is 13.2. The average molecular weight is 520 g/mol. The summed E-state index contributed by atoms with van der Waals surface area (Å²) in [6.45, 7) is 2.07. The van der Waals surface area contributed by atoms with E-state index in [2.05, 4.69) is 10.3 Å². The highest BCUT2D eigenvalue weighted by Gasteiger charge is 2.25. The molecule has 32 heavy (non-hydrogen) atoms. The normalized spacial score (nSPS) is 11.1. The van der Waals surface area contributed by atoms with Gasteiger partial charge in [-0.05, 0) is 17.7 Å². The van der Waals surface area contributed by atoms with Crippen LogP contribution in [-0.4, -0.2) is 50.4 Å². The van der Waals surface area contributed by atoms with Gasteiger partial charge in [0, 0.05) is 55.9 Å². The van der Waals surface area contributed by atoms with E-state index in [0.717, 1.165) is 10.9 Å². The number of hydrogen-bond acceptors (Lipinski definition) is 5. The standard InChI is InChI=1S/C22H26N4O2S.3ClH/c23-12-16-26(17-15-24-13-5-8-19-6-2-1-3-7-19)29(27,28)22-10-4-9-20-18-25-14-11-21(20)22;;;/h1-11,14,18,24H,12-13,15-17,23H2;3*1H. The van der Waals surface area contributed by atoms with Gasteiger partial charge in [-0.2, -0.15) is 4.31 Å². The van der Waals surface area contributed by atoms with Crippen molar-refractivity contribution in [2.75, 3.05) is 32.7 Å². The number of aromatic nitrogens is 1. The van der Waals surface area contributed by atoms with E-state index < -0.39 is 10.0 Å². The first-order valence-electron chi connectivity index (χ1n) is 9.58. The van der Waals surface area contributed by atoms with E-state index in [1.54, 1.807) is 30.6 Å². The van der Waals surface area contributed by atoms with Gasteiger partial charge in [0.05, 0.1) is 4.90 Å². The van der Waals surface area contributed by atoms with Crippen LogP contribution in [0.5, 0.6) is 0 Å². The van der Waals surface area contributed by atoms with Crippen molar-refractivity contribution < 1.29 is 8.42 Å². The van der Waals surface area contributed by atoms with Crippen molar-refractivity contribution in [3.63, 3.8) is 0 Å². The summed E-state index contributed by atoms with van der Waals surface area (Å²) in [4.78, 5) is 4.36. The summed E-state index contributed by atoms with van der Waals surface area (Å²) in [6, 6.07) is 17.0. The molecule has 0 saturated carbocycles. The van der Waals surface area contributed by atoms with Gasteiger partial charge in [-0.1, -0.05) is 54.6 Å². The second-order valence-corrected chi connectivity index (χ2v) is 8.47. The number of fused-ring (bicyclic) bond motifs is 1. The Morgan fingerprint density at radius 1 is 0.969 bits per heavy atom. The zero-order valence-electron chi connectivity index (χ0n) is 17.5. The third-order valence-corrected chi connectivity index (χ3v) is 6.50. The smallest absolute Gasteiger partial charge is 0.243 e. The summed E-state index contributed by atoms with van der Waals surface area (Å²) in [5, 5.41) is 4.73. The Balaban J connectivity index is 0.00000320. The van der Waals surface area contributed by atoms with E-state index >= 15 is 0 Å². The lowest BCUT2D eigenvalue weighted by Crippen LogP contribution is -2.40. The van der Waals surface area contributed by atoms with Crippen LogP contribution in [0, 0.1) is 0 Å². The number of nitrogens with zero attached hydrogens (tertiary/aromatic N) is 2. The number of hydrogen-bond donors (Lipinski definition) is 2. The molecule has 3 rings (SSSR count). The van der Waals surface area contributed by atoms with Crippen molar-refractivity contribution in [1.29, 1.82) is 0 Å². The van der Waals surface area contributed by atoms with E-state index in [0.29, 0.717) is 25.0 Å². The Morgan fingerprint density at radius 2 is 1.72 bits per heavy atom. The number of sulfonamides is 1. The molecule has 0 saturated heterocycles. The average Bonchev–Trinajstić information content (AvgIpc) is 2.75. The summed E-state index contributed by atoms with van der Waals surface area (Å²) in [6.07, 6.45) is 7.33. The van der Waals surface area contributed by atoms with Gasteiger partial charge in [-0.25, -0.2) is 8.42 Å². The van der Waals surface area contributed by atoms with Crippen LogP contribution in [0.2, 0.25) is 0 Å². The van der Waals surface area contributed by atoms with Gasteiger partial charge in [0.2, 0.25) is 10.0 Å². The molecule has 1 aromatic heterocycles. The second kappa shape index (κ2) is 15.2. The molecule has 0 aliphatic heterocycles. The van der Waals surface area contributed by atoms with Gasteiger partial charge in [0.25, 0.3) is 0 Å². The lowest BCUT2D eigenvalue weighted by molar-refractivity contribution is 0.415. The zero-order valence-corrected chi connectivity index (χ0v) is 20.7. The molecule has 1 heterocycles. The highest BCUT2D eigenvalue weighted by Crippen LogP contribution is 2.24. The van der Waals surface area contributed by atoms with Crippen LogP contribution >= 0.6 is 37.2 Å². The van der Waals surface area contributed by atoms with E-state index in [1.807, 2.05) is 48.6 Å². The van der Waals surface area contributed by atoms with Crippen molar-refractivity contribution in [3.05, 3.63) is 78.6 Å². The molecule has 0 fully saturated rings. The SMILES string of the molecule is Cl.Cl.Cl.NCCN(CCNCC=Cc1ccccc1)S(=O)(=O)c1cccc2cnccc12. The minimum Gasteiger partial charge on any atom is -0.329 e. The van der Waals surface area contributed by atoms with Crippen LogP contribution in [0.1, 0.15) is 5.56 Å². The van der Waals surface area contributed by atoms with Crippen molar-refractivity contribution in [1.82, 2.24) is 14.6 Å². The first kappa shape index (κ1) is 30.3. The highest BCUT2D eigenvalue weighted by molar-refractivity contribution is 7.89. The van der Waals surface area contributed by atoms with E-state index in [-0.39, 0.29) is 55.2 Å². The molecule has 0 amide bonds. The zero-order chi connectivity index (χ0) is 20.5. The predicted molar refractivity (Wildman–Crippen MR) is 140 cm³/mol. The number of nitrogens with two attached hydrogens (primary N) is 1. The largest absolute Gasteiger partial charge is 0.329 e. The Morgan fingerprint density at radius 3 is 2.44 bits per heavy atom. The molecule has 0 aliphatic rings. The molecule has 3 aromatic rings. The molecule has 0 aliphatic carbocycles. The number of halogens is 3. The van der Waals surface area contributed by atoms with Gasteiger partial charge in [-0.3, -0.25) is 4.98 Å². The Kier molecular flexibility index (Phi) is 14.4. The molecular weight excluding hydrogens is 491 g/mol. The van der Waals surface area contributed by atoms with Gasteiger partial charge < -0.3 is 11.1 Å². The number of nitrogens with one attached hydrogen (secondary N) is 1. The molecule has 0 radical (unpaired) electrons. The van der Waals surface area contributed by atoms with Gasteiger partial charge in [0.1, 0.15) is 0 Å². The Bertz CT molecular complexity index is 1060. The molecular formula is C22H29Cl3N4O2S. The monoisotopic (exact) mass is 518 g/mol. The first-order valence-corrected chi connectivity index (χ1v) is 11.0. The maximum absolute atomic E-state index is 13.2. The van der Waals surface area contributed by atoms with Crippen LogP contribution in [-0.2, 0) is 10.0 Å². The van der Waals surface area contributed by atoms with Crippen LogP contribution in [0.4, 0.5) is 0 Å². The summed E-state index contributed by atoms with van der Waals surface area (Å²) in [5.74, 6) is 0. The minimum atomic E-state index is -3.66. The Labute approximate surface area is 208 Å². The topological polar surface area (TPSA) is 88.3 Å². The molecule has 0 bridgehead atoms. The fraction of sp³-hybridized carbons (Fsp3) is 0.227. The van der Waals surface area contributed by atoms with E-state index in [9.17, 15) is 8.42 Å². The quantitative estimate of drug-likeness (QED) is 0.398. The molecule has 0 unspecified atom stereocenters. The van der Waals surface area contributed by atoms with Crippen LogP contribution in [0.25, 0.3) is 16.8 Å². The molecule has 0 atom stereocenters. The number of pyridine rings is 1. The van der Waals surface area contributed by atoms with Crippen LogP contribution in [0.15, 0.2) is 78.0 Å². The summed E-state index contributed by atoms with van der Waals surface area (Å²) in [7, 11) is -3.66. The predicted octanol–water partition coefficient (Wildman–Crippen LogP) is 3.75. The van der Waals surface area contributed by atoms with Gasteiger partial charge in [0.15, 0.2) is 0 Å². The lowest BCUT2D eigenvalue weighted by Gasteiger charge is -2.22. The van der Waals surface area contributed by atoms with Gasteiger partial charge >= 0.3 is 0 Å². The number of benzene rings is 2. The second-order valence-electron chi connectivity index (χ2n) is 6.56. The molecule has 10 heteroatoms. The molecule has 3 N–H and O–H groups in total. The van der Waals surface area contributed by atoms with Crippen molar-refractivity contribution in [2.45, 2.75) is 4.90 Å². The Hall–Kier alpha value is -1.71. The van der Waals surface area contributed by atoms with Crippen molar-refractivity contribution >= 4 is 64.1 Å². The fourth-order valence-corrected chi connectivity index (χ4v) is 4.77. The third-order valence-electron chi connectivity index (χ3n) is 4.55. The lowest BCUT2D eigenvalue weighted by atomic mass is 10.2. The van der Waals surface area contributed by atoms with Crippen LogP contribution < -0.4 is 11.1 Å². The van der Waals surface area contributed by atoms with E-state index in [4.69, 9.17) is 5.73 Å².